The second-order valence-corrected chi connectivity index (χ2v) is 9.84. The van der Waals surface area contributed by atoms with Crippen molar-refractivity contribution in [3.05, 3.63) is 75.6 Å². The quantitative estimate of drug-likeness (QED) is 0.203. The number of benzene rings is 2. The number of hydrogen-bond acceptors (Lipinski definition) is 10. The number of esters is 2. The van der Waals surface area contributed by atoms with Crippen molar-refractivity contribution in [1.82, 2.24) is 10.6 Å². The predicted octanol–water partition coefficient (Wildman–Crippen LogP) is 4.12. The first-order valence-electron chi connectivity index (χ1n) is 13.8. The molecule has 2 aromatic carbocycles. The Balaban J connectivity index is 1.64. The Morgan fingerprint density at radius 1 is 0.952 bits per heavy atom. The molecular weight excluding hydrogens is 564 g/mol. The van der Waals surface area contributed by atoms with Crippen LogP contribution in [0.4, 0.5) is 0 Å². The monoisotopic (exact) mass is 602 g/mol. The van der Waals surface area contributed by atoms with E-state index in [9.17, 15) is 14.7 Å². The summed E-state index contributed by atoms with van der Waals surface area (Å²) in [4.78, 5) is 26.0. The van der Waals surface area contributed by atoms with Gasteiger partial charge in [-0.25, -0.2) is 9.59 Å². The van der Waals surface area contributed by atoms with Crippen molar-refractivity contribution in [3.8, 4) is 17.2 Å². The summed E-state index contributed by atoms with van der Waals surface area (Å²) in [6, 6.07) is 12.4. The van der Waals surface area contributed by atoms with Gasteiger partial charge in [-0.1, -0.05) is 29.8 Å². The molecule has 228 valence electrons. The minimum Gasteiger partial charge on any atom is -0.493 e. The average molecular weight is 603 g/mol. The van der Waals surface area contributed by atoms with E-state index in [1.54, 1.807) is 53.0 Å². The van der Waals surface area contributed by atoms with E-state index in [1.165, 1.54) is 0 Å². The average Bonchev–Trinajstić information content (AvgIpc) is 2.96. The van der Waals surface area contributed by atoms with Crippen LogP contribution < -0.4 is 24.8 Å². The van der Waals surface area contributed by atoms with E-state index in [0.29, 0.717) is 58.5 Å². The van der Waals surface area contributed by atoms with Crippen LogP contribution in [0.2, 0.25) is 5.02 Å². The standard InChI is InChI=1S/C31H39ClN2O8/c1-6-39-30(36)27-19(3)34-20(4)28(31(37)40-7-2)29(27)21-12-13-24(23(32)16-21)42-18-22(35)17-33-14-15-41-26-11-9-8-10-25(26)38-5/h8-13,16,22,29,33-35H,6-7,14-15,17-18H2,1-5H3/t22-/m0/s1. The molecule has 10 nitrogen and oxygen atoms in total. The van der Waals surface area contributed by atoms with E-state index in [-0.39, 0.29) is 31.4 Å². The van der Waals surface area contributed by atoms with Gasteiger partial charge in [0.1, 0.15) is 25.1 Å². The molecule has 11 heteroatoms. The number of carbonyl (C=O) groups excluding carboxylic acids is 2. The summed E-state index contributed by atoms with van der Waals surface area (Å²) in [6.45, 7) is 8.47. The van der Waals surface area contributed by atoms with Crippen molar-refractivity contribution < 1.29 is 38.4 Å². The van der Waals surface area contributed by atoms with Crippen LogP contribution in [0, 0.1) is 0 Å². The molecule has 1 heterocycles. The first-order chi connectivity index (χ1) is 20.2. The highest BCUT2D eigenvalue weighted by molar-refractivity contribution is 6.32. The molecular formula is C31H39ClN2O8. The Labute approximate surface area is 251 Å². The number of para-hydroxylation sites is 2. The van der Waals surface area contributed by atoms with Crippen molar-refractivity contribution >= 4 is 23.5 Å². The van der Waals surface area contributed by atoms with E-state index in [0.717, 1.165) is 0 Å². The van der Waals surface area contributed by atoms with Gasteiger partial charge in [0, 0.05) is 24.5 Å². The molecule has 0 bridgehead atoms. The van der Waals surface area contributed by atoms with Crippen molar-refractivity contribution in [2.24, 2.45) is 0 Å². The van der Waals surface area contributed by atoms with E-state index in [1.807, 2.05) is 24.3 Å². The maximum Gasteiger partial charge on any atom is 0.336 e. The molecule has 0 radical (unpaired) electrons. The zero-order chi connectivity index (χ0) is 30.6. The molecule has 0 amide bonds. The number of halogens is 1. The highest BCUT2D eigenvalue weighted by Gasteiger charge is 2.38. The minimum atomic E-state index is -0.807. The van der Waals surface area contributed by atoms with Gasteiger partial charge in [0.15, 0.2) is 11.5 Å². The lowest BCUT2D eigenvalue weighted by atomic mass is 9.80. The lowest BCUT2D eigenvalue weighted by Gasteiger charge is -2.30. The second kappa shape index (κ2) is 16.1. The Morgan fingerprint density at radius 3 is 2.14 bits per heavy atom. The third-order valence-electron chi connectivity index (χ3n) is 6.46. The van der Waals surface area contributed by atoms with Gasteiger partial charge in [-0.3, -0.25) is 0 Å². The summed E-state index contributed by atoms with van der Waals surface area (Å²) in [7, 11) is 1.58. The molecule has 0 unspecified atom stereocenters. The molecule has 1 aliphatic rings. The first-order valence-corrected chi connectivity index (χ1v) is 14.2. The topological polar surface area (TPSA) is 125 Å². The fraction of sp³-hybridized carbons (Fsp3) is 0.419. The lowest BCUT2D eigenvalue weighted by Crippen LogP contribution is -2.33. The number of ether oxygens (including phenoxy) is 5. The van der Waals surface area contributed by atoms with Crippen LogP contribution in [0.1, 0.15) is 39.2 Å². The molecule has 0 aromatic heterocycles. The number of aliphatic hydroxyl groups is 1. The van der Waals surface area contributed by atoms with Gasteiger partial charge in [0.2, 0.25) is 0 Å². The molecule has 0 saturated heterocycles. The van der Waals surface area contributed by atoms with Gasteiger partial charge >= 0.3 is 11.9 Å². The number of nitrogens with one attached hydrogen (secondary N) is 2. The predicted molar refractivity (Wildman–Crippen MR) is 159 cm³/mol. The van der Waals surface area contributed by atoms with Gasteiger partial charge in [0.05, 0.1) is 42.4 Å². The third kappa shape index (κ3) is 8.40. The van der Waals surface area contributed by atoms with E-state index >= 15 is 0 Å². The van der Waals surface area contributed by atoms with Crippen LogP contribution in [0.5, 0.6) is 17.2 Å². The summed E-state index contributed by atoms with van der Waals surface area (Å²) >= 11 is 6.58. The van der Waals surface area contributed by atoms with Gasteiger partial charge in [-0.2, -0.15) is 0 Å². The van der Waals surface area contributed by atoms with Crippen LogP contribution in [0.25, 0.3) is 0 Å². The number of aliphatic hydroxyl groups excluding tert-OH is 1. The van der Waals surface area contributed by atoms with Gasteiger partial charge in [-0.05, 0) is 57.5 Å². The third-order valence-corrected chi connectivity index (χ3v) is 6.75. The Kier molecular flexibility index (Phi) is 12.5. The molecule has 0 spiro atoms. The van der Waals surface area contributed by atoms with Gasteiger partial charge in [0.25, 0.3) is 0 Å². The minimum absolute atomic E-state index is 0.00699. The highest BCUT2D eigenvalue weighted by atomic mass is 35.5. The fourth-order valence-electron chi connectivity index (χ4n) is 4.58. The Bertz CT molecular complexity index is 1270. The van der Waals surface area contributed by atoms with Crippen molar-refractivity contribution in [2.45, 2.75) is 39.7 Å². The van der Waals surface area contributed by atoms with Crippen LogP contribution >= 0.6 is 11.6 Å². The normalized spacial score (nSPS) is 14.3. The molecule has 0 saturated carbocycles. The number of allylic oxidation sites excluding steroid dienone is 2. The molecule has 0 fully saturated rings. The highest BCUT2D eigenvalue weighted by Crippen LogP contribution is 2.41. The van der Waals surface area contributed by atoms with Gasteiger partial charge < -0.3 is 39.4 Å². The molecule has 2 aromatic rings. The molecule has 0 aliphatic carbocycles. The Hall–Kier alpha value is -3.73. The van der Waals surface area contributed by atoms with E-state index in [4.69, 9.17) is 35.3 Å². The molecule has 1 aliphatic heterocycles. The summed E-state index contributed by atoms with van der Waals surface area (Å²) in [6.07, 6.45) is -0.807. The number of rotatable bonds is 15. The fourth-order valence-corrected chi connectivity index (χ4v) is 4.83. The van der Waals surface area contributed by atoms with Crippen molar-refractivity contribution in [1.29, 1.82) is 0 Å². The number of dihydropyridines is 1. The summed E-state index contributed by atoms with van der Waals surface area (Å²) in [5, 5.41) is 16.9. The largest absolute Gasteiger partial charge is 0.493 e. The number of methoxy groups -OCH3 is 1. The van der Waals surface area contributed by atoms with Crippen LogP contribution in [-0.2, 0) is 19.1 Å². The summed E-state index contributed by atoms with van der Waals surface area (Å²) in [5.74, 6) is -0.188. The molecule has 3 rings (SSSR count). The number of hydrogen-bond donors (Lipinski definition) is 3. The summed E-state index contributed by atoms with van der Waals surface area (Å²) < 4.78 is 27.4. The van der Waals surface area contributed by atoms with Crippen LogP contribution in [0.15, 0.2) is 65.0 Å². The molecule has 42 heavy (non-hydrogen) atoms. The molecule has 1 atom stereocenters. The van der Waals surface area contributed by atoms with Gasteiger partial charge in [-0.15, -0.1) is 0 Å². The Morgan fingerprint density at radius 2 is 1.57 bits per heavy atom. The maximum absolute atomic E-state index is 13.0. The maximum atomic E-state index is 13.0. The summed E-state index contributed by atoms with van der Waals surface area (Å²) in [5.41, 5.74) is 2.34. The van der Waals surface area contributed by atoms with Crippen LogP contribution in [0.3, 0.4) is 0 Å². The number of carbonyl (C=O) groups is 2. The zero-order valence-electron chi connectivity index (χ0n) is 24.6. The van der Waals surface area contributed by atoms with Crippen LogP contribution in [-0.4, -0.2) is 69.8 Å². The van der Waals surface area contributed by atoms with E-state index < -0.39 is 24.0 Å². The lowest BCUT2D eigenvalue weighted by molar-refractivity contribution is -0.139. The smallest absolute Gasteiger partial charge is 0.336 e. The second-order valence-electron chi connectivity index (χ2n) is 9.43. The first kappa shape index (κ1) is 32.8. The molecule has 3 N–H and O–H groups in total. The van der Waals surface area contributed by atoms with Crippen molar-refractivity contribution in [3.63, 3.8) is 0 Å². The SMILES string of the molecule is CCOC(=O)C1=C(C)NC(C)=C(C(=O)OCC)C1c1ccc(OC[C@@H](O)CNCCOc2ccccc2OC)c(Cl)c1. The van der Waals surface area contributed by atoms with Crippen molar-refractivity contribution in [2.75, 3.05) is 46.6 Å². The van der Waals surface area contributed by atoms with E-state index in [2.05, 4.69) is 10.6 Å². The zero-order valence-corrected chi connectivity index (χ0v) is 25.4.